The highest BCUT2D eigenvalue weighted by molar-refractivity contribution is 5.87. The highest BCUT2D eigenvalue weighted by atomic mass is 16.5. The van der Waals surface area contributed by atoms with Gasteiger partial charge in [0.15, 0.2) is 0 Å². The SMILES string of the molecule is C=C(CCCCCCCCCCCCC)C(=O)OCCCCCCCCCCCCCC. The van der Waals surface area contributed by atoms with Crippen LogP contribution in [0.3, 0.4) is 0 Å². The number of ether oxygens (including phenoxy) is 1. The number of hydrogen-bond acceptors (Lipinski definition) is 2. The molecule has 0 radical (unpaired) electrons. The minimum atomic E-state index is -0.167. The Labute approximate surface area is 202 Å². The quantitative estimate of drug-likeness (QED) is 0.0744. The normalized spacial score (nSPS) is 11.1. The molecule has 190 valence electrons. The van der Waals surface area contributed by atoms with E-state index in [1.807, 2.05) is 0 Å². The molecule has 0 heterocycles. The van der Waals surface area contributed by atoms with Gasteiger partial charge in [0.2, 0.25) is 0 Å². The summed E-state index contributed by atoms with van der Waals surface area (Å²) in [5, 5.41) is 0. The van der Waals surface area contributed by atoms with Gasteiger partial charge >= 0.3 is 5.97 Å². The molecule has 0 bridgehead atoms. The highest BCUT2D eigenvalue weighted by Gasteiger charge is 2.07. The van der Waals surface area contributed by atoms with Crippen molar-refractivity contribution in [2.75, 3.05) is 6.61 Å². The first-order valence-electron chi connectivity index (χ1n) is 14.6. The summed E-state index contributed by atoms with van der Waals surface area (Å²) in [6, 6.07) is 0. The van der Waals surface area contributed by atoms with E-state index < -0.39 is 0 Å². The van der Waals surface area contributed by atoms with E-state index in [4.69, 9.17) is 4.74 Å². The second-order valence-corrected chi connectivity index (χ2v) is 9.91. The van der Waals surface area contributed by atoms with Crippen LogP contribution in [0.2, 0.25) is 0 Å². The molecule has 0 aromatic rings. The zero-order valence-electron chi connectivity index (χ0n) is 22.2. The number of carbonyl (C=O) groups is 1. The van der Waals surface area contributed by atoms with E-state index in [1.165, 1.54) is 135 Å². The van der Waals surface area contributed by atoms with Crippen LogP contribution in [0.15, 0.2) is 12.2 Å². The fourth-order valence-corrected chi connectivity index (χ4v) is 4.31. The third-order valence-electron chi connectivity index (χ3n) is 6.60. The maximum absolute atomic E-state index is 12.0. The molecule has 0 aliphatic carbocycles. The van der Waals surface area contributed by atoms with E-state index in [0.717, 1.165) is 19.3 Å². The van der Waals surface area contributed by atoms with Gasteiger partial charge in [0, 0.05) is 5.57 Å². The van der Waals surface area contributed by atoms with Gasteiger partial charge in [0.1, 0.15) is 0 Å². The van der Waals surface area contributed by atoms with Gasteiger partial charge in [-0.2, -0.15) is 0 Å². The van der Waals surface area contributed by atoms with Crippen molar-refractivity contribution in [1.29, 1.82) is 0 Å². The van der Waals surface area contributed by atoms with Gasteiger partial charge in [0.05, 0.1) is 6.61 Å². The standard InChI is InChI=1S/C30H58O2/c1-4-6-8-10-12-14-16-18-20-22-24-26-28-32-30(31)29(3)27-25-23-21-19-17-15-13-11-9-7-5-2/h3-28H2,1-2H3. The molecule has 0 aromatic carbocycles. The van der Waals surface area contributed by atoms with Crippen molar-refractivity contribution < 1.29 is 9.53 Å². The summed E-state index contributed by atoms with van der Waals surface area (Å²) in [7, 11) is 0. The van der Waals surface area contributed by atoms with Crippen LogP contribution in [0, 0.1) is 0 Å². The fourth-order valence-electron chi connectivity index (χ4n) is 4.31. The molecule has 2 heteroatoms. The third kappa shape index (κ3) is 23.9. The van der Waals surface area contributed by atoms with Gasteiger partial charge in [-0.05, 0) is 19.3 Å². The lowest BCUT2D eigenvalue weighted by Crippen LogP contribution is -2.08. The van der Waals surface area contributed by atoms with Crippen LogP contribution in [-0.2, 0) is 9.53 Å². The lowest BCUT2D eigenvalue weighted by Gasteiger charge is -2.07. The lowest BCUT2D eigenvalue weighted by molar-refractivity contribution is -0.139. The van der Waals surface area contributed by atoms with E-state index >= 15 is 0 Å². The maximum atomic E-state index is 12.0. The van der Waals surface area contributed by atoms with Crippen LogP contribution in [0.4, 0.5) is 0 Å². The topological polar surface area (TPSA) is 26.3 Å². The predicted molar refractivity (Wildman–Crippen MR) is 142 cm³/mol. The number of unbranched alkanes of at least 4 members (excludes halogenated alkanes) is 21. The molecule has 2 nitrogen and oxygen atoms in total. The second kappa shape index (κ2) is 26.5. The number of hydrogen-bond donors (Lipinski definition) is 0. The number of carbonyl (C=O) groups excluding carboxylic acids is 1. The minimum absolute atomic E-state index is 0.167. The van der Waals surface area contributed by atoms with Crippen molar-refractivity contribution in [3.63, 3.8) is 0 Å². The lowest BCUT2D eigenvalue weighted by atomic mass is 10.0. The fraction of sp³-hybridized carbons (Fsp3) is 0.900. The van der Waals surface area contributed by atoms with Gasteiger partial charge in [0.25, 0.3) is 0 Å². The van der Waals surface area contributed by atoms with Crippen molar-refractivity contribution in [2.24, 2.45) is 0 Å². The highest BCUT2D eigenvalue weighted by Crippen LogP contribution is 2.15. The molecule has 0 fully saturated rings. The summed E-state index contributed by atoms with van der Waals surface area (Å²) in [5.74, 6) is -0.167. The molecule has 0 spiro atoms. The van der Waals surface area contributed by atoms with Gasteiger partial charge in [-0.1, -0.05) is 155 Å². The molecule has 32 heavy (non-hydrogen) atoms. The first kappa shape index (κ1) is 31.2. The van der Waals surface area contributed by atoms with E-state index in [-0.39, 0.29) is 5.97 Å². The summed E-state index contributed by atoms with van der Waals surface area (Å²) in [4.78, 5) is 12.0. The Kier molecular flexibility index (Phi) is 25.8. The van der Waals surface area contributed by atoms with Gasteiger partial charge in [-0.3, -0.25) is 0 Å². The smallest absolute Gasteiger partial charge is 0.333 e. The Bertz CT molecular complexity index is 402. The summed E-state index contributed by atoms with van der Waals surface area (Å²) in [6.07, 6.45) is 31.3. The zero-order valence-corrected chi connectivity index (χ0v) is 22.2. The van der Waals surface area contributed by atoms with E-state index in [9.17, 15) is 4.79 Å². The Morgan fingerprint density at radius 3 is 1.19 bits per heavy atom. The average molecular weight is 451 g/mol. The van der Waals surface area contributed by atoms with Crippen LogP contribution >= 0.6 is 0 Å². The van der Waals surface area contributed by atoms with Gasteiger partial charge in [-0.15, -0.1) is 0 Å². The molecule has 0 aliphatic rings. The van der Waals surface area contributed by atoms with Gasteiger partial charge < -0.3 is 4.74 Å². The van der Waals surface area contributed by atoms with Crippen molar-refractivity contribution in [3.8, 4) is 0 Å². The largest absolute Gasteiger partial charge is 0.462 e. The summed E-state index contributed by atoms with van der Waals surface area (Å²) < 4.78 is 5.41. The third-order valence-corrected chi connectivity index (χ3v) is 6.60. The minimum Gasteiger partial charge on any atom is -0.462 e. The van der Waals surface area contributed by atoms with Crippen LogP contribution in [0.5, 0.6) is 0 Å². The summed E-state index contributed by atoms with van der Waals surface area (Å²) in [5.41, 5.74) is 0.667. The van der Waals surface area contributed by atoms with Crippen molar-refractivity contribution in [1.82, 2.24) is 0 Å². The first-order chi connectivity index (χ1) is 15.7. The van der Waals surface area contributed by atoms with Crippen molar-refractivity contribution in [2.45, 2.75) is 168 Å². The summed E-state index contributed by atoms with van der Waals surface area (Å²) >= 11 is 0. The molecule has 0 amide bonds. The number of esters is 1. The Morgan fingerprint density at radius 1 is 0.500 bits per heavy atom. The van der Waals surface area contributed by atoms with Crippen LogP contribution in [0.25, 0.3) is 0 Å². The Balaban J connectivity index is 3.30. The molecular formula is C30H58O2. The molecule has 0 aliphatic heterocycles. The molecule has 0 atom stereocenters. The molecule has 0 N–H and O–H groups in total. The Morgan fingerprint density at radius 2 is 0.812 bits per heavy atom. The van der Waals surface area contributed by atoms with Crippen molar-refractivity contribution in [3.05, 3.63) is 12.2 Å². The average Bonchev–Trinajstić information content (AvgIpc) is 2.80. The van der Waals surface area contributed by atoms with E-state index in [0.29, 0.717) is 12.2 Å². The Hall–Kier alpha value is -0.790. The van der Waals surface area contributed by atoms with Crippen molar-refractivity contribution >= 4 is 5.97 Å². The zero-order chi connectivity index (χ0) is 23.5. The van der Waals surface area contributed by atoms with Gasteiger partial charge in [-0.25, -0.2) is 4.79 Å². The molecule has 0 saturated carbocycles. The second-order valence-electron chi connectivity index (χ2n) is 9.91. The monoisotopic (exact) mass is 450 g/mol. The number of rotatable bonds is 26. The predicted octanol–water partition coefficient (Wildman–Crippen LogP) is 10.5. The molecule has 0 unspecified atom stereocenters. The molecule has 0 rings (SSSR count). The maximum Gasteiger partial charge on any atom is 0.333 e. The van der Waals surface area contributed by atoms with E-state index in [1.54, 1.807) is 0 Å². The van der Waals surface area contributed by atoms with Crippen LogP contribution < -0.4 is 0 Å². The van der Waals surface area contributed by atoms with E-state index in [2.05, 4.69) is 20.4 Å². The molecular weight excluding hydrogens is 392 g/mol. The van der Waals surface area contributed by atoms with Crippen LogP contribution in [0.1, 0.15) is 168 Å². The molecule has 0 saturated heterocycles. The molecule has 0 aromatic heterocycles. The first-order valence-corrected chi connectivity index (χ1v) is 14.6. The van der Waals surface area contributed by atoms with Crippen LogP contribution in [-0.4, -0.2) is 12.6 Å². The summed E-state index contributed by atoms with van der Waals surface area (Å²) in [6.45, 7) is 9.05.